The van der Waals surface area contributed by atoms with E-state index in [9.17, 15) is 18.0 Å². The Balaban J connectivity index is 2.18. The summed E-state index contributed by atoms with van der Waals surface area (Å²) in [6.45, 7) is 3.38. The predicted octanol–water partition coefficient (Wildman–Crippen LogP) is 3.18. The average Bonchev–Trinajstić information content (AvgIpc) is 2.48. The van der Waals surface area contributed by atoms with Gasteiger partial charge in [-0.2, -0.15) is 13.2 Å². The molecule has 1 aliphatic rings. The summed E-state index contributed by atoms with van der Waals surface area (Å²) in [4.78, 5) is 12.3. The second-order valence-corrected chi connectivity index (χ2v) is 5.65. The van der Waals surface area contributed by atoms with Crippen LogP contribution in [0.4, 0.5) is 13.2 Å². The van der Waals surface area contributed by atoms with Crippen LogP contribution in [0.1, 0.15) is 30.9 Å². The summed E-state index contributed by atoms with van der Waals surface area (Å²) >= 11 is 0. The minimum absolute atomic E-state index is 0.276. The summed E-state index contributed by atoms with van der Waals surface area (Å²) in [5, 5.41) is 3.19. The molecule has 0 bridgehead atoms. The van der Waals surface area contributed by atoms with Crippen molar-refractivity contribution in [3.05, 3.63) is 35.4 Å². The minimum atomic E-state index is -4.34. The Morgan fingerprint density at radius 2 is 2.00 bits per heavy atom. The molecule has 2 rings (SSSR count). The maximum atomic E-state index is 12.6. The second kappa shape index (κ2) is 6.69. The van der Waals surface area contributed by atoms with Crippen LogP contribution in [0.5, 0.6) is 0 Å². The van der Waals surface area contributed by atoms with Crippen LogP contribution in [-0.4, -0.2) is 25.7 Å². The molecule has 1 aliphatic heterocycles. The van der Waals surface area contributed by atoms with E-state index in [4.69, 9.17) is 4.74 Å². The molecular formula is C16H20F3NO2. The molecular weight excluding hydrogens is 295 g/mol. The summed E-state index contributed by atoms with van der Waals surface area (Å²) < 4.78 is 43.0. The maximum absolute atomic E-state index is 12.6. The topological polar surface area (TPSA) is 38.3 Å². The number of halogens is 3. The Labute approximate surface area is 127 Å². The number of esters is 1. The molecule has 6 heteroatoms. The average molecular weight is 315 g/mol. The van der Waals surface area contributed by atoms with Crippen LogP contribution >= 0.6 is 0 Å². The Hall–Kier alpha value is -1.56. The van der Waals surface area contributed by atoms with Gasteiger partial charge >= 0.3 is 12.1 Å². The molecule has 1 aromatic carbocycles. The first kappa shape index (κ1) is 16.8. The molecule has 1 N–H and O–H groups in total. The number of piperidine rings is 1. The number of hydrogen-bond acceptors (Lipinski definition) is 3. The number of benzene rings is 1. The van der Waals surface area contributed by atoms with Crippen LogP contribution < -0.4 is 5.32 Å². The zero-order chi connectivity index (χ0) is 16.2. The maximum Gasteiger partial charge on any atom is 0.416 e. The molecule has 0 aliphatic carbocycles. The minimum Gasteiger partial charge on any atom is -0.466 e. The molecule has 0 aromatic heterocycles. The first-order chi connectivity index (χ1) is 10.4. The van der Waals surface area contributed by atoms with Gasteiger partial charge in [0.2, 0.25) is 0 Å². The van der Waals surface area contributed by atoms with Gasteiger partial charge < -0.3 is 10.1 Å². The van der Waals surface area contributed by atoms with Gasteiger partial charge in [0.25, 0.3) is 0 Å². The van der Waals surface area contributed by atoms with Gasteiger partial charge in [-0.3, -0.25) is 4.79 Å². The summed E-state index contributed by atoms with van der Waals surface area (Å²) in [7, 11) is 0. The van der Waals surface area contributed by atoms with Crippen molar-refractivity contribution >= 4 is 5.97 Å². The number of carbonyl (C=O) groups excluding carboxylic acids is 1. The van der Waals surface area contributed by atoms with Crippen LogP contribution in [0.2, 0.25) is 0 Å². The molecule has 22 heavy (non-hydrogen) atoms. The van der Waals surface area contributed by atoms with Gasteiger partial charge in [-0.1, -0.05) is 12.1 Å². The van der Waals surface area contributed by atoms with Crippen LogP contribution in [0.25, 0.3) is 0 Å². The van der Waals surface area contributed by atoms with E-state index in [0.29, 0.717) is 31.6 Å². The van der Waals surface area contributed by atoms with Crippen LogP contribution in [-0.2, 0) is 22.1 Å². The molecule has 0 amide bonds. The lowest BCUT2D eigenvalue weighted by Gasteiger charge is -2.35. The first-order valence-electron chi connectivity index (χ1n) is 7.41. The quantitative estimate of drug-likeness (QED) is 0.867. The number of rotatable bonds is 4. The van der Waals surface area contributed by atoms with Gasteiger partial charge in [0, 0.05) is 6.54 Å². The Kier molecular flexibility index (Phi) is 5.11. The third-order valence-electron chi connectivity index (χ3n) is 4.00. The second-order valence-electron chi connectivity index (χ2n) is 5.65. The van der Waals surface area contributed by atoms with E-state index in [1.165, 1.54) is 12.1 Å². The molecule has 122 valence electrons. The molecule has 1 aromatic rings. The van der Waals surface area contributed by atoms with Crippen LogP contribution in [0.15, 0.2) is 24.3 Å². The molecule has 1 saturated heterocycles. The summed E-state index contributed by atoms with van der Waals surface area (Å²) in [5.74, 6) is -0.276. The highest BCUT2D eigenvalue weighted by Crippen LogP contribution is 2.34. The van der Waals surface area contributed by atoms with Crippen molar-refractivity contribution in [1.82, 2.24) is 5.32 Å². The predicted molar refractivity (Wildman–Crippen MR) is 76.3 cm³/mol. The fourth-order valence-electron chi connectivity index (χ4n) is 2.85. The van der Waals surface area contributed by atoms with Crippen LogP contribution in [0.3, 0.4) is 0 Å². The van der Waals surface area contributed by atoms with Crippen molar-refractivity contribution in [3.8, 4) is 0 Å². The van der Waals surface area contributed by atoms with Gasteiger partial charge in [0.05, 0.1) is 17.6 Å². The smallest absolute Gasteiger partial charge is 0.416 e. The van der Waals surface area contributed by atoms with E-state index in [1.54, 1.807) is 6.92 Å². The fraction of sp³-hybridized carbons (Fsp3) is 0.562. The molecule has 1 atom stereocenters. The van der Waals surface area contributed by atoms with E-state index >= 15 is 0 Å². The number of alkyl halides is 3. The molecule has 0 radical (unpaired) electrons. The normalized spacial score (nSPS) is 22.4. The number of carbonyl (C=O) groups is 1. The zero-order valence-corrected chi connectivity index (χ0v) is 12.5. The van der Waals surface area contributed by atoms with Gasteiger partial charge in [-0.05, 0) is 50.4 Å². The summed E-state index contributed by atoms with van der Waals surface area (Å²) in [6, 6.07) is 5.01. The molecule has 0 unspecified atom stereocenters. The summed E-state index contributed by atoms with van der Waals surface area (Å²) in [5.41, 5.74) is -0.651. The highest BCUT2D eigenvalue weighted by Gasteiger charge is 2.41. The summed E-state index contributed by atoms with van der Waals surface area (Å²) in [6.07, 6.45) is -2.43. The van der Waals surface area contributed by atoms with Crippen molar-refractivity contribution in [1.29, 1.82) is 0 Å². The lowest BCUT2D eigenvalue weighted by molar-refractivity contribution is -0.156. The largest absolute Gasteiger partial charge is 0.466 e. The van der Waals surface area contributed by atoms with E-state index in [2.05, 4.69) is 5.32 Å². The van der Waals surface area contributed by atoms with E-state index < -0.39 is 17.2 Å². The third-order valence-corrected chi connectivity index (χ3v) is 4.00. The SMILES string of the molecule is CCOC(=O)[C@]1(Cc2ccc(C(F)(F)F)cc2)CCCNC1. The van der Waals surface area contributed by atoms with E-state index in [1.807, 2.05) is 0 Å². The first-order valence-corrected chi connectivity index (χ1v) is 7.41. The van der Waals surface area contributed by atoms with Gasteiger partial charge in [0.15, 0.2) is 0 Å². The molecule has 0 spiro atoms. The zero-order valence-electron chi connectivity index (χ0n) is 12.5. The highest BCUT2D eigenvalue weighted by atomic mass is 19.4. The number of hydrogen-bond donors (Lipinski definition) is 1. The molecule has 3 nitrogen and oxygen atoms in total. The third kappa shape index (κ3) is 3.80. The van der Waals surface area contributed by atoms with E-state index in [-0.39, 0.29) is 5.97 Å². The number of nitrogens with one attached hydrogen (secondary N) is 1. The van der Waals surface area contributed by atoms with Crippen molar-refractivity contribution in [2.75, 3.05) is 19.7 Å². The Morgan fingerprint density at radius 3 is 2.50 bits per heavy atom. The monoisotopic (exact) mass is 315 g/mol. The van der Waals surface area contributed by atoms with Crippen molar-refractivity contribution in [2.45, 2.75) is 32.4 Å². The van der Waals surface area contributed by atoms with Gasteiger partial charge in [-0.25, -0.2) is 0 Å². The van der Waals surface area contributed by atoms with Crippen LogP contribution in [0, 0.1) is 5.41 Å². The lowest BCUT2D eigenvalue weighted by Crippen LogP contribution is -2.47. The van der Waals surface area contributed by atoms with Gasteiger partial charge in [-0.15, -0.1) is 0 Å². The van der Waals surface area contributed by atoms with Crippen molar-refractivity contribution < 1.29 is 22.7 Å². The highest BCUT2D eigenvalue weighted by molar-refractivity contribution is 5.77. The molecule has 0 saturated carbocycles. The molecule has 1 heterocycles. The van der Waals surface area contributed by atoms with Crippen molar-refractivity contribution in [3.63, 3.8) is 0 Å². The lowest BCUT2D eigenvalue weighted by atomic mass is 9.75. The van der Waals surface area contributed by atoms with E-state index in [0.717, 1.165) is 25.1 Å². The standard InChI is InChI=1S/C16H20F3NO2/c1-2-22-14(21)15(8-3-9-20-11-15)10-12-4-6-13(7-5-12)16(17,18)19/h4-7,20H,2-3,8-11H2,1H3/t15-/m0/s1. The Bertz CT molecular complexity index is 505. The Morgan fingerprint density at radius 1 is 1.32 bits per heavy atom. The van der Waals surface area contributed by atoms with Crippen molar-refractivity contribution in [2.24, 2.45) is 5.41 Å². The fourth-order valence-corrected chi connectivity index (χ4v) is 2.85. The molecule has 1 fully saturated rings. The number of ether oxygens (including phenoxy) is 1. The van der Waals surface area contributed by atoms with Gasteiger partial charge in [0.1, 0.15) is 0 Å².